The molecule has 2 N–H and O–H groups in total. The summed E-state index contributed by atoms with van der Waals surface area (Å²) >= 11 is 0. The minimum absolute atomic E-state index is 0. The van der Waals surface area contributed by atoms with Crippen LogP contribution in [0.1, 0.15) is 25.7 Å². The van der Waals surface area contributed by atoms with Gasteiger partial charge >= 0.3 is 11.9 Å². The molecular formula is C6H10O4Zr. The molecule has 0 saturated heterocycles. The number of hydrogen-bond acceptors (Lipinski definition) is 2. The summed E-state index contributed by atoms with van der Waals surface area (Å²) in [6.45, 7) is 0. The van der Waals surface area contributed by atoms with E-state index in [1.165, 1.54) is 0 Å². The standard InChI is InChI=1S/C6H10O4.Zr/c7-5(8)3-1-2-4-6(9)10;/h1-4H2,(H,7,8)(H,9,10);. The van der Waals surface area contributed by atoms with Crippen LogP contribution in [-0.2, 0) is 35.8 Å². The molecule has 4 nitrogen and oxygen atoms in total. The molecule has 0 amide bonds. The topological polar surface area (TPSA) is 74.6 Å². The van der Waals surface area contributed by atoms with Gasteiger partial charge in [0.2, 0.25) is 0 Å². The normalized spacial score (nSPS) is 8.36. The number of rotatable bonds is 5. The molecule has 0 aliphatic carbocycles. The maximum Gasteiger partial charge on any atom is 0.303 e. The van der Waals surface area contributed by atoms with Gasteiger partial charge in [0.1, 0.15) is 0 Å². The minimum Gasteiger partial charge on any atom is -0.481 e. The summed E-state index contributed by atoms with van der Waals surface area (Å²) in [5.74, 6) is -1.74. The van der Waals surface area contributed by atoms with Crippen molar-refractivity contribution in [2.45, 2.75) is 25.7 Å². The van der Waals surface area contributed by atoms with E-state index in [9.17, 15) is 9.59 Å². The third-order valence-electron chi connectivity index (χ3n) is 1.03. The van der Waals surface area contributed by atoms with Crippen molar-refractivity contribution >= 4 is 11.9 Å². The fourth-order valence-corrected chi connectivity index (χ4v) is 0.552. The Morgan fingerprint density at radius 2 is 1.18 bits per heavy atom. The Bertz CT molecular complexity index is 119. The summed E-state index contributed by atoms with van der Waals surface area (Å²) in [5.41, 5.74) is 0. The molecule has 0 spiro atoms. The summed E-state index contributed by atoms with van der Waals surface area (Å²) in [6.07, 6.45) is 1.02. The van der Waals surface area contributed by atoms with Crippen LogP contribution in [0.2, 0.25) is 0 Å². The van der Waals surface area contributed by atoms with Crippen molar-refractivity contribution in [2.75, 3.05) is 0 Å². The first-order valence-corrected chi connectivity index (χ1v) is 3.06. The van der Waals surface area contributed by atoms with E-state index < -0.39 is 11.9 Å². The Morgan fingerprint density at radius 3 is 1.36 bits per heavy atom. The average molecular weight is 237 g/mol. The molecule has 5 heteroatoms. The summed E-state index contributed by atoms with van der Waals surface area (Å²) in [4.78, 5) is 19.8. The van der Waals surface area contributed by atoms with E-state index >= 15 is 0 Å². The van der Waals surface area contributed by atoms with Crippen molar-refractivity contribution in [1.29, 1.82) is 0 Å². The van der Waals surface area contributed by atoms with Gasteiger partial charge in [-0.25, -0.2) is 0 Å². The van der Waals surface area contributed by atoms with Crippen molar-refractivity contribution in [2.24, 2.45) is 0 Å². The van der Waals surface area contributed by atoms with Crippen LogP contribution in [0.25, 0.3) is 0 Å². The number of carboxylic acids is 2. The summed E-state index contributed by atoms with van der Waals surface area (Å²) in [7, 11) is 0. The zero-order chi connectivity index (χ0) is 7.98. The van der Waals surface area contributed by atoms with Crippen LogP contribution in [-0.4, -0.2) is 22.2 Å². The second kappa shape index (κ2) is 7.92. The van der Waals surface area contributed by atoms with Gasteiger partial charge in [0.25, 0.3) is 0 Å². The Hall–Kier alpha value is -0.177. The molecule has 0 bridgehead atoms. The monoisotopic (exact) mass is 236 g/mol. The number of carboxylic acid groups (broad SMARTS) is 2. The molecule has 0 heterocycles. The van der Waals surface area contributed by atoms with E-state index in [0.29, 0.717) is 12.8 Å². The molecular weight excluding hydrogens is 227 g/mol. The predicted molar refractivity (Wildman–Crippen MR) is 33.7 cm³/mol. The van der Waals surface area contributed by atoms with Crippen LogP contribution >= 0.6 is 0 Å². The quantitative estimate of drug-likeness (QED) is 0.691. The van der Waals surface area contributed by atoms with E-state index in [0.717, 1.165) is 0 Å². The zero-order valence-electron chi connectivity index (χ0n) is 6.04. The summed E-state index contributed by atoms with van der Waals surface area (Å²) in [5, 5.41) is 16.3. The molecule has 0 aliphatic heterocycles. The van der Waals surface area contributed by atoms with Crippen molar-refractivity contribution in [3.8, 4) is 0 Å². The predicted octanol–water partition coefficient (Wildman–Crippen LogP) is 0.714. The summed E-state index contributed by atoms with van der Waals surface area (Å²) in [6, 6.07) is 0. The van der Waals surface area contributed by atoms with Crippen LogP contribution in [0.5, 0.6) is 0 Å². The van der Waals surface area contributed by atoms with Gasteiger partial charge in [-0.05, 0) is 12.8 Å². The number of hydrogen-bond donors (Lipinski definition) is 2. The van der Waals surface area contributed by atoms with Gasteiger partial charge in [-0.1, -0.05) is 0 Å². The van der Waals surface area contributed by atoms with E-state index in [4.69, 9.17) is 10.2 Å². The van der Waals surface area contributed by atoms with E-state index in [1.54, 1.807) is 0 Å². The number of aliphatic carboxylic acids is 2. The van der Waals surface area contributed by atoms with Crippen LogP contribution in [0, 0.1) is 0 Å². The van der Waals surface area contributed by atoms with Crippen LogP contribution in [0.15, 0.2) is 0 Å². The largest absolute Gasteiger partial charge is 0.481 e. The second-order valence-corrected chi connectivity index (χ2v) is 1.99. The molecule has 0 fully saturated rings. The first-order chi connectivity index (χ1) is 4.63. The first kappa shape index (κ1) is 13.4. The zero-order valence-corrected chi connectivity index (χ0v) is 8.50. The van der Waals surface area contributed by atoms with Crippen molar-refractivity contribution in [3.63, 3.8) is 0 Å². The Morgan fingerprint density at radius 1 is 0.909 bits per heavy atom. The SMILES string of the molecule is O=C(O)CCCCC(=O)O.[Zr]. The minimum atomic E-state index is -0.870. The molecule has 62 valence electrons. The van der Waals surface area contributed by atoms with Gasteiger partial charge in [-0.2, -0.15) is 0 Å². The van der Waals surface area contributed by atoms with Crippen molar-refractivity contribution < 1.29 is 46.0 Å². The number of unbranched alkanes of at least 4 members (excludes halogenated alkanes) is 1. The third kappa shape index (κ3) is 12.9. The molecule has 0 aromatic carbocycles. The first-order valence-electron chi connectivity index (χ1n) is 3.06. The van der Waals surface area contributed by atoms with Gasteiger partial charge in [-0.3, -0.25) is 9.59 Å². The van der Waals surface area contributed by atoms with Crippen LogP contribution in [0.4, 0.5) is 0 Å². The Balaban J connectivity index is 0. The Labute approximate surface area is 83.7 Å². The second-order valence-electron chi connectivity index (χ2n) is 1.99. The smallest absolute Gasteiger partial charge is 0.303 e. The molecule has 0 aromatic rings. The van der Waals surface area contributed by atoms with Crippen molar-refractivity contribution in [3.05, 3.63) is 0 Å². The van der Waals surface area contributed by atoms with Crippen LogP contribution < -0.4 is 0 Å². The maximum absolute atomic E-state index is 9.90. The van der Waals surface area contributed by atoms with Gasteiger partial charge in [0, 0.05) is 39.0 Å². The molecule has 0 saturated carbocycles. The van der Waals surface area contributed by atoms with E-state index in [-0.39, 0.29) is 39.0 Å². The van der Waals surface area contributed by atoms with Gasteiger partial charge < -0.3 is 10.2 Å². The van der Waals surface area contributed by atoms with Crippen LogP contribution in [0.3, 0.4) is 0 Å². The number of carbonyl (C=O) groups is 2. The average Bonchev–Trinajstić information content (AvgIpc) is 1.79. The fourth-order valence-electron chi connectivity index (χ4n) is 0.552. The molecule has 0 atom stereocenters. The molecule has 0 aromatic heterocycles. The summed E-state index contributed by atoms with van der Waals surface area (Å²) < 4.78 is 0. The molecule has 11 heavy (non-hydrogen) atoms. The Kier molecular flexibility index (Phi) is 9.67. The van der Waals surface area contributed by atoms with Gasteiger partial charge in [0.05, 0.1) is 0 Å². The molecule has 0 unspecified atom stereocenters. The molecule has 0 radical (unpaired) electrons. The van der Waals surface area contributed by atoms with Crippen molar-refractivity contribution in [1.82, 2.24) is 0 Å². The third-order valence-corrected chi connectivity index (χ3v) is 1.03. The molecule has 0 rings (SSSR count). The van der Waals surface area contributed by atoms with E-state index in [2.05, 4.69) is 0 Å². The van der Waals surface area contributed by atoms with Gasteiger partial charge in [-0.15, -0.1) is 0 Å². The van der Waals surface area contributed by atoms with Gasteiger partial charge in [0.15, 0.2) is 0 Å². The molecule has 0 aliphatic rings. The van der Waals surface area contributed by atoms with E-state index in [1.807, 2.05) is 0 Å². The fraction of sp³-hybridized carbons (Fsp3) is 0.667. The maximum atomic E-state index is 9.90.